The Morgan fingerprint density at radius 2 is 1.81 bits per heavy atom. The third kappa shape index (κ3) is 4.59. The van der Waals surface area contributed by atoms with Crippen molar-refractivity contribution >= 4 is 5.97 Å². The summed E-state index contributed by atoms with van der Waals surface area (Å²) in [5.74, 6) is 0.678. The van der Waals surface area contributed by atoms with Gasteiger partial charge in [0.2, 0.25) is 0 Å². The highest BCUT2D eigenvalue weighted by Gasteiger charge is 2.40. The molecule has 21 heavy (non-hydrogen) atoms. The number of hydrogen-bond donors (Lipinski definition) is 0. The average Bonchev–Trinajstić information content (AvgIpc) is 2.52. The summed E-state index contributed by atoms with van der Waals surface area (Å²) in [5, 5.41) is 0. The standard InChI is InChI=1S/C19H28O2/c1-16(2)11-14-19(12-7-4-8-13-19)18(20)21-15-17-9-5-3-6-10-17/h3,5-6,9-10,16H,4,7-8,11-15H2,1-2H3. The highest BCUT2D eigenvalue weighted by molar-refractivity contribution is 5.77. The van der Waals surface area contributed by atoms with E-state index in [0.717, 1.165) is 31.2 Å². The number of ether oxygens (including phenoxy) is 1. The minimum Gasteiger partial charge on any atom is -0.460 e. The van der Waals surface area contributed by atoms with Crippen molar-refractivity contribution in [1.29, 1.82) is 0 Å². The minimum atomic E-state index is -0.211. The molecule has 2 heteroatoms. The third-order valence-corrected chi connectivity index (χ3v) is 4.66. The summed E-state index contributed by atoms with van der Waals surface area (Å²) in [7, 11) is 0. The lowest BCUT2D eigenvalue weighted by atomic mass is 9.70. The predicted octanol–water partition coefficient (Wildman–Crippen LogP) is 5.12. The van der Waals surface area contributed by atoms with Crippen LogP contribution in [0.1, 0.15) is 64.4 Å². The summed E-state index contributed by atoms with van der Waals surface area (Å²) in [6.07, 6.45) is 7.70. The van der Waals surface area contributed by atoms with Gasteiger partial charge in [-0.3, -0.25) is 4.79 Å². The van der Waals surface area contributed by atoms with E-state index in [1.165, 1.54) is 19.3 Å². The maximum atomic E-state index is 12.7. The van der Waals surface area contributed by atoms with Crippen LogP contribution in [-0.4, -0.2) is 5.97 Å². The van der Waals surface area contributed by atoms with Crippen LogP contribution in [0.2, 0.25) is 0 Å². The summed E-state index contributed by atoms with van der Waals surface area (Å²) in [5.41, 5.74) is 0.859. The summed E-state index contributed by atoms with van der Waals surface area (Å²) in [6.45, 7) is 4.86. The first kappa shape index (κ1) is 16.1. The normalized spacial score (nSPS) is 17.7. The summed E-state index contributed by atoms with van der Waals surface area (Å²) < 4.78 is 5.66. The Balaban J connectivity index is 1.97. The van der Waals surface area contributed by atoms with E-state index >= 15 is 0 Å². The maximum Gasteiger partial charge on any atom is 0.312 e. The van der Waals surface area contributed by atoms with Crippen LogP contribution in [0, 0.1) is 11.3 Å². The smallest absolute Gasteiger partial charge is 0.312 e. The lowest BCUT2D eigenvalue weighted by molar-refractivity contribution is -0.160. The van der Waals surface area contributed by atoms with Crippen LogP contribution in [0.3, 0.4) is 0 Å². The van der Waals surface area contributed by atoms with Gasteiger partial charge >= 0.3 is 5.97 Å². The zero-order chi connectivity index (χ0) is 15.1. The van der Waals surface area contributed by atoms with E-state index < -0.39 is 0 Å². The molecule has 1 aromatic rings. The van der Waals surface area contributed by atoms with E-state index in [9.17, 15) is 4.79 Å². The second-order valence-electron chi connectivity index (χ2n) is 6.84. The predicted molar refractivity (Wildman–Crippen MR) is 85.8 cm³/mol. The zero-order valence-corrected chi connectivity index (χ0v) is 13.4. The molecule has 0 unspecified atom stereocenters. The molecule has 0 radical (unpaired) electrons. The Hall–Kier alpha value is -1.31. The van der Waals surface area contributed by atoms with Crippen LogP contribution in [0.5, 0.6) is 0 Å². The summed E-state index contributed by atoms with van der Waals surface area (Å²) in [6, 6.07) is 9.97. The number of esters is 1. The molecule has 2 rings (SSSR count). The first-order chi connectivity index (χ1) is 10.1. The molecule has 1 saturated carbocycles. The van der Waals surface area contributed by atoms with Crippen molar-refractivity contribution in [3.8, 4) is 0 Å². The fourth-order valence-electron chi connectivity index (χ4n) is 3.23. The molecule has 0 amide bonds. The topological polar surface area (TPSA) is 26.3 Å². The molecule has 1 aliphatic carbocycles. The van der Waals surface area contributed by atoms with Crippen molar-refractivity contribution in [3.63, 3.8) is 0 Å². The maximum absolute atomic E-state index is 12.7. The van der Waals surface area contributed by atoms with Gasteiger partial charge in [-0.05, 0) is 37.2 Å². The van der Waals surface area contributed by atoms with Gasteiger partial charge in [-0.1, -0.05) is 63.4 Å². The quantitative estimate of drug-likeness (QED) is 0.679. The van der Waals surface area contributed by atoms with Gasteiger partial charge in [-0.2, -0.15) is 0 Å². The van der Waals surface area contributed by atoms with E-state index in [0.29, 0.717) is 12.5 Å². The molecule has 0 bridgehead atoms. The van der Waals surface area contributed by atoms with Crippen LogP contribution in [0.15, 0.2) is 30.3 Å². The van der Waals surface area contributed by atoms with Crippen LogP contribution in [0.25, 0.3) is 0 Å². The Bertz CT molecular complexity index is 430. The van der Waals surface area contributed by atoms with Crippen molar-refractivity contribution in [3.05, 3.63) is 35.9 Å². The number of carbonyl (C=O) groups is 1. The van der Waals surface area contributed by atoms with Gasteiger partial charge < -0.3 is 4.74 Å². The Labute approximate surface area is 128 Å². The number of hydrogen-bond acceptors (Lipinski definition) is 2. The monoisotopic (exact) mass is 288 g/mol. The van der Waals surface area contributed by atoms with Crippen molar-refractivity contribution in [2.75, 3.05) is 0 Å². The fraction of sp³-hybridized carbons (Fsp3) is 0.632. The second-order valence-corrected chi connectivity index (χ2v) is 6.84. The van der Waals surface area contributed by atoms with Gasteiger partial charge in [0.25, 0.3) is 0 Å². The van der Waals surface area contributed by atoms with Gasteiger partial charge in [0.15, 0.2) is 0 Å². The number of benzene rings is 1. The molecule has 0 aromatic heterocycles. The van der Waals surface area contributed by atoms with E-state index in [1.54, 1.807) is 0 Å². The molecule has 0 atom stereocenters. The molecule has 0 aliphatic heterocycles. The van der Waals surface area contributed by atoms with Gasteiger partial charge in [0.1, 0.15) is 6.61 Å². The Morgan fingerprint density at radius 1 is 1.14 bits per heavy atom. The fourth-order valence-corrected chi connectivity index (χ4v) is 3.23. The minimum absolute atomic E-state index is 0.0340. The molecule has 0 heterocycles. The summed E-state index contributed by atoms with van der Waals surface area (Å²) >= 11 is 0. The lowest BCUT2D eigenvalue weighted by Crippen LogP contribution is -2.35. The zero-order valence-electron chi connectivity index (χ0n) is 13.4. The number of rotatable bonds is 6. The highest BCUT2D eigenvalue weighted by atomic mass is 16.5. The molecule has 0 saturated heterocycles. The van der Waals surface area contributed by atoms with Crippen LogP contribution < -0.4 is 0 Å². The molecular weight excluding hydrogens is 260 g/mol. The van der Waals surface area contributed by atoms with E-state index in [-0.39, 0.29) is 11.4 Å². The molecule has 0 N–H and O–H groups in total. The Morgan fingerprint density at radius 3 is 2.43 bits per heavy atom. The largest absolute Gasteiger partial charge is 0.460 e. The Kier molecular flexibility index (Phi) is 5.84. The first-order valence-electron chi connectivity index (χ1n) is 8.33. The van der Waals surface area contributed by atoms with E-state index in [1.807, 2.05) is 30.3 Å². The molecule has 1 fully saturated rings. The van der Waals surface area contributed by atoms with Crippen molar-refractivity contribution in [1.82, 2.24) is 0 Å². The molecule has 2 nitrogen and oxygen atoms in total. The molecule has 1 aromatic carbocycles. The molecule has 0 spiro atoms. The van der Waals surface area contributed by atoms with E-state index in [2.05, 4.69) is 13.8 Å². The summed E-state index contributed by atoms with van der Waals surface area (Å²) in [4.78, 5) is 12.7. The van der Waals surface area contributed by atoms with Crippen molar-refractivity contribution in [2.24, 2.45) is 11.3 Å². The van der Waals surface area contributed by atoms with Gasteiger partial charge in [0.05, 0.1) is 5.41 Å². The van der Waals surface area contributed by atoms with Crippen molar-refractivity contribution in [2.45, 2.75) is 65.4 Å². The lowest BCUT2D eigenvalue weighted by Gasteiger charge is -2.35. The van der Waals surface area contributed by atoms with Gasteiger partial charge in [-0.25, -0.2) is 0 Å². The SMILES string of the molecule is CC(C)CCC1(C(=O)OCc2ccccc2)CCCCC1. The molecule has 1 aliphatic rings. The average molecular weight is 288 g/mol. The second kappa shape index (κ2) is 7.63. The highest BCUT2D eigenvalue weighted by Crippen LogP contribution is 2.42. The first-order valence-corrected chi connectivity index (χ1v) is 8.33. The third-order valence-electron chi connectivity index (χ3n) is 4.66. The van der Waals surface area contributed by atoms with Gasteiger partial charge in [-0.15, -0.1) is 0 Å². The molecule has 116 valence electrons. The van der Waals surface area contributed by atoms with Crippen molar-refractivity contribution < 1.29 is 9.53 Å². The van der Waals surface area contributed by atoms with Crippen LogP contribution in [-0.2, 0) is 16.1 Å². The number of carbonyl (C=O) groups excluding carboxylic acids is 1. The molecular formula is C19H28O2. The van der Waals surface area contributed by atoms with Crippen LogP contribution >= 0.6 is 0 Å². The van der Waals surface area contributed by atoms with Gasteiger partial charge in [0, 0.05) is 0 Å². The van der Waals surface area contributed by atoms with E-state index in [4.69, 9.17) is 4.74 Å². The van der Waals surface area contributed by atoms with Crippen LogP contribution in [0.4, 0.5) is 0 Å².